The summed E-state index contributed by atoms with van der Waals surface area (Å²) in [5.41, 5.74) is 0.745. The number of ether oxygens (including phenoxy) is 1. The van der Waals surface area contributed by atoms with Crippen LogP contribution in [-0.2, 0) is 25.5 Å². The molecule has 1 aromatic rings. The second-order valence-corrected chi connectivity index (χ2v) is 12.5. The fraction of sp³-hybridized carbons (Fsp3) is 0.606. The maximum absolute atomic E-state index is 13.7. The van der Waals surface area contributed by atoms with Crippen LogP contribution in [0.3, 0.4) is 0 Å². The highest BCUT2D eigenvalue weighted by Gasteiger charge is 2.39. The SMILES string of the molecule is CC1=C\C(O)CC(=O)Cc2nc(co2)C(=O)N2CCCC2C(=O)OC(C(C)CN2CCN(C)CC2)C(C)/C=C/C(=O)NC\C=C\1. The van der Waals surface area contributed by atoms with Gasteiger partial charge in [-0.1, -0.05) is 43.7 Å². The first kappa shape index (κ1) is 34.3. The first-order chi connectivity index (χ1) is 21.5. The maximum Gasteiger partial charge on any atom is 0.329 e. The van der Waals surface area contributed by atoms with Crippen LogP contribution in [0.2, 0.25) is 0 Å². The maximum atomic E-state index is 13.7. The van der Waals surface area contributed by atoms with Crippen molar-refractivity contribution in [2.75, 3.05) is 52.9 Å². The Morgan fingerprint density at radius 1 is 1.11 bits per heavy atom. The lowest BCUT2D eigenvalue weighted by Crippen LogP contribution is -2.49. The zero-order valence-corrected chi connectivity index (χ0v) is 26.8. The molecule has 0 radical (unpaired) electrons. The van der Waals surface area contributed by atoms with Crippen molar-refractivity contribution >= 4 is 23.6 Å². The topological polar surface area (TPSA) is 146 Å². The predicted octanol–water partition coefficient (Wildman–Crippen LogP) is 1.76. The van der Waals surface area contributed by atoms with Gasteiger partial charge in [0.2, 0.25) is 11.8 Å². The van der Waals surface area contributed by atoms with E-state index in [0.717, 1.165) is 38.3 Å². The number of ketones is 1. The Morgan fingerprint density at radius 3 is 2.62 bits per heavy atom. The van der Waals surface area contributed by atoms with Crippen molar-refractivity contribution in [1.82, 2.24) is 25.0 Å². The van der Waals surface area contributed by atoms with Crippen molar-refractivity contribution in [3.8, 4) is 0 Å². The number of cyclic esters (lactones) is 1. The van der Waals surface area contributed by atoms with Crippen LogP contribution >= 0.6 is 0 Å². The van der Waals surface area contributed by atoms with E-state index in [1.165, 1.54) is 17.2 Å². The molecule has 3 aliphatic rings. The Kier molecular flexibility index (Phi) is 12.3. The molecule has 2 amide bonds. The standard InChI is InChI=1S/C33H47N5O7/c1-22-7-5-11-34-29(41)10-9-23(2)31(24(3)20-37-15-13-36(4)14-16-37)45-33(43)28-8-6-12-38(28)32(42)27-21-44-30(35-27)19-26(40)18-25(39)17-22/h5,7,9-10,17,21,23-25,28,31,39H,6,8,11-16,18-20H2,1-4H3,(H,34,41)/b7-5+,10-9+,22-17+. The number of carbonyl (C=O) groups is 4. The molecule has 0 saturated carbocycles. The molecule has 12 heteroatoms. The van der Waals surface area contributed by atoms with Crippen molar-refractivity contribution < 1.29 is 33.4 Å². The number of Topliss-reactive ketones (excluding diaryl/α,β-unsaturated/α-hetero) is 1. The lowest BCUT2D eigenvalue weighted by atomic mass is 9.91. The van der Waals surface area contributed by atoms with Gasteiger partial charge in [-0.15, -0.1) is 0 Å². The number of aliphatic hydroxyl groups excluding tert-OH is 1. The predicted molar refractivity (Wildman–Crippen MR) is 167 cm³/mol. The lowest BCUT2D eigenvalue weighted by Gasteiger charge is -2.37. The van der Waals surface area contributed by atoms with Gasteiger partial charge in [0.05, 0.1) is 12.5 Å². The van der Waals surface area contributed by atoms with Crippen LogP contribution in [0.25, 0.3) is 0 Å². The van der Waals surface area contributed by atoms with Gasteiger partial charge >= 0.3 is 5.97 Å². The smallest absolute Gasteiger partial charge is 0.329 e. The van der Waals surface area contributed by atoms with E-state index in [4.69, 9.17) is 9.15 Å². The molecule has 12 nitrogen and oxygen atoms in total. The fourth-order valence-electron chi connectivity index (χ4n) is 6.09. The number of likely N-dealkylation sites (N-methyl/N-ethyl adjacent to an activating group) is 1. The van der Waals surface area contributed by atoms with Crippen LogP contribution in [0.1, 0.15) is 56.4 Å². The number of amides is 2. The number of nitrogens with one attached hydrogen (secondary N) is 1. The second kappa shape index (κ2) is 16.1. The number of hydrogen-bond acceptors (Lipinski definition) is 10. The average molecular weight is 626 g/mol. The van der Waals surface area contributed by atoms with Crippen LogP contribution in [0.5, 0.6) is 0 Å². The number of allylic oxidation sites excluding steroid dienone is 2. The third kappa shape index (κ3) is 9.94. The van der Waals surface area contributed by atoms with E-state index >= 15 is 0 Å². The van der Waals surface area contributed by atoms with Gasteiger partial charge in [0.15, 0.2) is 5.69 Å². The number of nitrogens with zero attached hydrogens (tertiary/aromatic N) is 4. The average Bonchev–Trinajstić information content (AvgIpc) is 3.67. The molecule has 246 valence electrons. The quantitative estimate of drug-likeness (QED) is 0.477. The van der Waals surface area contributed by atoms with E-state index < -0.39 is 30.1 Å². The number of fused-ring (bicyclic) bond motifs is 3. The molecule has 1 aromatic heterocycles. The highest BCUT2D eigenvalue weighted by molar-refractivity contribution is 5.95. The Hall–Kier alpha value is -3.61. The minimum absolute atomic E-state index is 0.0135. The van der Waals surface area contributed by atoms with Gasteiger partial charge < -0.3 is 34.3 Å². The molecule has 2 saturated heterocycles. The van der Waals surface area contributed by atoms with Gasteiger partial charge in [-0.05, 0) is 32.9 Å². The monoisotopic (exact) mass is 625 g/mol. The summed E-state index contributed by atoms with van der Waals surface area (Å²) in [6.07, 6.45) is 8.72. The molecule has 4 heterocycles. The molecule has 2 bridgehead atoms. The van der Waals surface area contributed by atoms with E-state index in [9.17, 15) is 24.3 Å². The zero-order chi connectivity index (χ0) is 32.5. The summed E-state index contributed by atoms with van der Waals surface area (Å²) < 4.78 is 11.6. The van der Waals surface area contributed by atoms with Gasteiger partial charge in [0.25, 0.3) is 5.91 Å². The number of oxazole rings is 1. The molecule has 3 aliphatic heterocycles. The molecule has 0 aliphatic carbocycles. The molecule has 4 rings (SSSR count). The van der Waals surface area contributed by atoms with Crippen molar-refractivity contribution in [2.24, 2.45) is 11.8 Å². The molecule has 0 aromatic carbocycles. The number of aromatic nitrogens is 1. The molecule has 5 atom stereocenters. The normalized spacial score (nSPS) is 30.5. The fourth-order valence-corrected chi connectivity index (χ4v) is 6.09. The van der Waals surface area contributed by atoms with Crippen molar-refractivity contribution in [2.45, 2.75) is 64.7 Å². The van der Waals surface area contributed by atoms with E-state index in [-0.39, 0.29) is 54.5 Å². The molecule has 5 unspecified atom stereocenters. The van der Waals surface area contributed by atoms with Crippen LogP contribution in [-0.4, -0.2) is 119 Å². The van der Waals surface area contributed by atoms with Crippen molar-refractivity contribution in [3.05, 3.63) is 53.8 Å². The summed E-state index contributed by atoms with van der Waals surface area (Å²) in [4.78, 5) is 62.6. The number of esters is 1. The molecule has 45 heavy (non-hydrogen) atoms. The minimum Gasteiger partial charge on any atom is -0.460 e. The molecule has 0 spiro atoms. The summed E-state index contributed by atoms with van der Waals surface area (Å²) >= 11 is 0. The van der Waals surface area contributed by atoms with Crippen molar-refractivity contribution in [3.63, 3.8) is 0 Å². The molecular formula is C33H47N5O7. The summed E-state index contributed by atoms with van der Waals surface area (Å²) in [6, 6.07) is -0.782. The lowest BCUT2D eigenvalue weighted by molar-refractivity contribution is -0.158. The van der Waals surface area contributed by atoms with E-state index in [1.807, 2.05) is 6.92 Å². The number of piperazine rings is 1. The molecular weight excluding hydrogens is 578 g/mol. The van der Waals surface area contributed by atoms with E-state index in [1.54, 1.807) is 31.2 Å². The number of aliphatic hydroxyl groups is 1. The first-order valence-electron chi connectivity index (χ1n) is 15.9. The van der Waals surface area contributed by atoms with Crippen LogP contribution in [0.15, 0.2) is 46.6 Å². The van der Waals surface area contributed by atoms with E-state index in [2.05, 4.69) is 34.1 Å². The van der Waals surface area contributed by atoms with Gasteiger partial charge in [-0.3, -0.25) is 14.4 Å². The summed E-state index contributed by atoms with van der Waals surface area (Å²) in [5.74, 6) is -1.78. The molecule has 2 fully saturated rings. The number of rotatable bonds is 3. The Morgan fingerprint density at radius 2 is 1.87 bits per heavy atom. The number of carbonyl (C=O) groups excluding carboxylic acids is 4. The largest absolute Gasteiger partial charge is 0.460 e. The highest BCUT2D eigenvalue weighted by atomic mass is 16.5. The zero-order valence-electron chi connectivity index (χ0n) is 26.8. The van der Waals surface area contributed by atoms with E-state index in [0.29, 0.717) is 19.4 Å². The second-order valence-electron chi connectivity index (χ2n) is 12.5. The van der Waals surface area contributed by atoms with Crippen LogP contribution in [0, 0.1) is 11.8 Å². The van der Waals surface area contributed by atoms with Gasteiger partial charge in [0.1, 0.15) is 24.2 Å². The van der Waals surface area contributed by atoms with Crippen LogP contribution < -0.4 is 5.32 Å². The van der Waals surface area contributed by atoms with Gasteiger partial charge in [-0.25, -0.2) is 9.78 Å². The third-order valence-electron chi connectivity index (χ3n) is 8.60. The summed E-state index contributed by atoms with van der Waals surface area (Å²) in [5, 5.41) is 13.2. The van der Waals surface area contributed by atoms with Gasteiger partial charge in [-0.2, -0.15) is 0 Å². The molecule has 2 N–H and O–H groups in total. The summed E-state index contributed by atoms with van der Waals surface area (Å²) in [6.45, 7) is 10.9. The highest BCUT2D eigenvalue weighted by Crippen LogP contribution is 2.26. The minimum atomic E-state index is -1.01. The van der Waals surface area contributed by atoms with Crippen molar-refractivity contribution in [1.29, 1.82) is 0 Å². The Bertz CT molecular complexity index is 1300. The Balaban J connectivity index is 1.57. The summed E-state index contributed by atoms with van der Waals surface area (Å²) in [7, 11) is 2.10. The van der Waals surface area contributed by atoms with Crippen LogP contribution in [0.4, 0.5) is 0 Å². The van der Waals surface area contributed by atoms with Gasteiger partial charge in [0, 0.05) is 64.1 Å². The third-order valence-corrected chi connectivity index (χ3v) is 8.60. The number of hydrogen-bond donors (Lipinski definition) is 2. The Labute approximate surface area is 265 Å². The first-order valence-corrected chi connectivity index (χ1v) is 15.9.